The topological polar surface area (TPSA) is 49.3 Å². The van der Waals surface area contributed by atoms with Gasteiger partial charge in [0.05, 0.1) is 5.56 Å². The molecule has 3 nitrogen and oxygen atoms in total. The van der Waals surface area contributed by atoms with E-state index in [2.05, 4.69) is 43.4 Å². The first kappa shape index (κ1) is 16.2. The van der Waals surface area contributed by atoms with Crippen molar-refractivity contribution in [3.63, 3.8) is 0 Å². The number of carboxylic acids is 1. The molecule has 0 amide bonds. The molecule has 0 fully saturated rings. The van der Waals surface area contributed by atoms with Crippen LogP contribution in [-0.2, 0) is 6.54 Å². The van der Waals surface area contributed by atoms with Crippen molar-refractivity contribution in [3.05, 3.63) is 71.3 Å². The van der Waals surface area contributed by atoms with Crippen molar-refractivity contribution >= 4 is 5.97 Å². The van der Waals surface area contributed by atoms with E-state index in [4.69, 9.17) is 5.11 Å². The Kier molecular flexibility index (Phi) is 5.73. The minimum absolute atomic E-state index is 0.336. The van der Waals surface area contributed by atoms with Crippen molar-refractivity contribution in [2.75, 3.05) is 6.54 Å². The van der Waals surface area contributed by atoms with E-state index in [1.165, 1.54) is 5.56 Å². The highest BCUT2D eigenvalue weighted by molar-refractivity contribution is 5.87. The van der Waals surface area contributed by atoms with Gasteiger partial charge in [-0.3, -0.25) is 0 Å². The fourth-order valence-corrected chi connectivity index (χ4v) is 2.63. The van der Waals surface area contributed by atoms with Crippen molar-refractivity contribution in [1.29, 1.82) is 0 Å². The van der Waals surface area contributed by atoms with Crippen LogP contribution in [0.15, 0.2) is 54.6 Å². The Morgan fingerprint density at radius 3 is 2.45 bits per heavy atom. The van der Waals surface area contributed by atoms with Crippen molar-refractivity contribution < 1.29 is 9.90 Å². The van der Waals surface area contributed by atoms with Gasteiger partial charge in [-0.05, 0) is 35.1 Å². The summed E-state index contributed by atoms with van der Waals surface area (Å²) in [7, 11) is 0. The summed E-state index contributed by atoms with van der Waals surface area (Å²) < 4.78 is 0. The molecule has 0 heterocycles. The van der Waals surface area contributed by atoms with Gasteiger partial charge >= 0.3 is 5.97 Å². The van der Waals surface area contributed by atoms with Gasteiger partial charge in [0, 0.05) is 13.1 Å². The molecule has 0 spiro atoms. The van der Waals surface area contributed by atoms with Crippen molar-refractivity contribution in [2.24, 2.45) is 5.92 Å². The minimum Gasteiger partial charge on any atom is -0.478 e. The van der Waals surface area contributed by atoms with Gasteiger partial charge in [-0.25, -0.2) is 4.79 Å². The molecule has 0 bridgehead atoms. The zero-order valence-electron chi connectivity index (χ0n) is 13.1. The summed E-state index contributed by atoms with van der Waals surface area (Å²) in [6.45, 7) is 6.00. The summed E-state index contributed by atoms with van der Waals surface area (Å²) >= 11 is 0. The third kappa shape index (κ3) is 4.43. The summed E-state index contributed by atoms with van der Waals surface area (Å²) in [5.41, 5.74) is 2.67. The van der Waals surface area contributed by atoms with Gasteiger partial charge in [0.2, 0.25) is 0 Å². The Hall–Kier alpha value is -2.13. The zero-order chi connectivity index (χ0) is 15.9. The third-order valence-corrected chi connectivity index (χ3v) is 3.90. The fraction of sp³-hybridized carbons (Fsp3) is 0.316. The van der Waals surface area contributed by atoms with E-state index in [0.29, 0.717) is 23.9 Å². The minimum atomic E-state index is -0.883. The molecule has 0 aromatic heterocycles. The van der Waals surface area contributed by atoms with E-state index in [9.17, 15) is 4.79 Å². The Balaban J connectivity index is 1.96. The second-order valence-corrected chi connectivity index (χ2v) is 5.90. The van der Waals surface area contributed by atoms with Crippen LogP contribution in [0.1, 0.15) is 41.3 Å². The molecule has 1 atom stereocenters. The first-order valence-electron chi connectivity index (χ1n) is 7.66. The highest BCUT2D eigenvalue weighted by atomic mass is 16.4. The predicted octanol–water partition coefficient (Wildman–Crippen LogP) is 3.91. The third-order valence-electron chi connectivity index (χ3n) is 3.90. The predicted molar refractivity (Wildman–Crippen MR) is 89.1 cm³/mol. The van der Waals surface area contributed by atoms with E-state index in [1.54, 1.807) is 18.2 Å². The monoisotopic (exact) mass is 297 g/mol. The molecule has 0 saturated carbocycles. The quantitative estimate of drug-likeness (QED) is 0.814. The summed E-state index contributed by atoms with van der Waals surface area (Å²) in [5, 5.41) is 12.5. The van der Waals surface area contributed by atoms with E-state index in [0.717, 1.165) is 12.1 Å². The number of hydrogen-bond acceptors (Lipinski definition) is 2. The van der Waals surface area contributed by atoms with Crippen LogP contribution < -0.4 is 5.32 Å². The molecular weight excluding hydrogens is 274 g/mol. The average molecular weight is 297 g/mol. The molecule has 0 aliphatic heterocycles. The average Bonchev–Trinajstić information content (AvgIpc) is 2.52. The Labute approximate surface area is 132 Å². The van der Waals surface area contributed by atoms with Crippen LogP contribution in [0, 0.1) is 5.92 Å². The van der Waals surface area contributed by atoms with Gasteiger partial charge in [-0.15, -0.1) is 0 Å². The van der Waals surface area contributed by atoms with E-state index in [-0.39, 0.29) is 0 Å². The molecular formula is C19H23NO2. The normalized spacial score (nSPS) is 12.3. The van der Waals surface area contributed by atoms with Crippen LogP contribution in [0.4, 0.5) is 0 Å². The first-order valence-corrected chi connectivity index (χ1v) is 7.66. The highest BCUT2D eigenvalue weighted by Crippen LogP contribution is 2.23. The lowest BCUT2D eigenvalue weighted by Crippen LogP contribution is -2.24. The molecule has 2 aromatic carbocycles. The van der Waals surface area contributed by atoms with E-state index in [1.807, 2.05) is 12.1 Å². The molecule has 116 valence electrons. The van der Waals surface area contributed by atoms with Crippen LogP contribution in [-0.4, -0.2) is 17.6 Å². The zero-order valence-corrected chi connectivity index (χ0v) is 13.1. The number of hydrogen-bond donors (Lipinski definition) is 2. The Morgan fingerprint density at radius 2 is 1.82 bits per heavy atom. The molecule has 0 radical (unpaired) electrons. The van der Waals surface area contributed by atoms with E-state index < -0.39 is 5.97 Å². The molecule has 0 saturated heterocycles. The van der Waals surface area contributed by atoms with Crippen molar-refractivity contribution in [1.82, 2.24) is 5.32 Å². The van der Waals surface area contributed by atoms with Crippen LogP contribution in [0.25, 0.3) is 0 Å². The lowest BCUT2D eigenvalue weighted by Gasteiger charge is -2.22. The van der Waals surface area contributed by atoms with Crippen LogP contribution in [0.3, 0.4) is 0 Å². The molecule has 22 heavy (non-hydrogen) atoms. The number of aromatic carboxylic acids is 1. The number of rotatable bonds is 7. The summed E-state index contributed by atoms with van der Waals surface area (Å²) in [6, 6.07) is 17.6. The largest absolute Gasteiger partial charge is 0.478 e. The van der Waals surface area contributed by atoms with Gasteiger partial charge in [0.1, 0.15) is 0 Å². The van der Waals surface area contributed by atoms with Crippen molar-refractivity contribution in [3.8, 4) is 0 Å². The molecule has 0 aliphatic rings. The SMILES string of the molecule is CC(C)C(CNCc1cccc(C(=O)O)c1)c1ccccc1. The Bertz CT molecular complexity index is 608. The standard InChI is InChI=1S/C19H23NO2/c1-14(2)18(16-8-4-3-5-9-16)13-20-12-15-7-6-10-17(11-15)19(21)22/h3-11,14,18,20H,12-13H2,1-2H3,(H,21,22). The van der Waals surface area contributed by atoms with E-state index >= 15 is 0 Å². The number of carbonyl (C=O) groups is 1. The summed E-state index contributed by atoms with van der Waals surface area (Å²) in [5.74, 6) is 0.107. The van der Waals surface area contributed by atoms with Gasteiger partial charge in [0.15, 0.2) is 0 Å². The second kappa shape index (κ2) is 7.76. The number of benzene rings is 2. The number of nitrogens with one attached hydrogen (secondary N) is 1. The lowest BCUT2D eigenvalue weighted by molar-refractivity contribution is 0.0696. The number of carboxylic acid groups (broad SMARTS) is 1. The summed E-state index contributed by atoms with van der Waals surface area (Å²) in [4.78, 5) is 11.0. The maximum absolute atomic E-state index is 11.0. The second-order valence-electron chi connectivity index (χ2n) is 5.90. The maximum Gasteiger partial charge on any atom is 0.335 e. The summed E-state index contributed by atoms with van der Waals surface area (Å²) in [6.07, 6.45) is 0. The van der Waals surface area contributed by atoms with Crippen LogP contribution in [0.2, 0.25) is 0 Å². The van der Waals surface area contributed by atoms with Crippen LogP contribution in [0.5, 0.6) is 0 Å². The maximum atomic E-state index is 11.0. The van der Waals surface area contributed by atoms with Gasteiger partial charge < -0.3 is 10.4 Å². The highest BCUT2D eigenvalue weighted by Gasteiger charge is 2.15. The molecule has 3 heteroatoms. The van der Waals surface area contributed by atoms with Gasteiger partial charge in [-0.2, -0.15) is 0 Å². The molecule has 1 unspecified atom stereocenters. The lowest BCUT2D eigenvalue weighted by atomic mass is 9.88. The van der Waals surface area contributed by atoms with Gasteiger partial charge in [0.25, 0.3) is 0 Å². The first-order chi connectivity index (χ1) is 10.6. The smallest absolute Gasteiger partial charge is 0.335 e. The molecule has 2 rings (SSSR count). The van der Waals surface area contributed by atoms with Crippen molar-refractivity contribution in [2.45, 2.75) is 26.3 Å². The molecule has 0 aliphatic carbocycles. The van der Waals surface area contributed by atoms with Gasteiger partial charge in [-0.1, -0.05) is 56.3 Å². The fourth-order valence-electron chi connectivity index (χ4n) is 2.63. The molecule has 2 N–H and O–H groups in total. The van der Waals surface area contributed by atoms with Crippen LogP contribution >= 0.6 is 0 Å². The Morgan fingerprint density at radius 1 is 1.09 bits per heavy atom. The molecule has 2 aromatic rings.